The van der Waals surface area contributed by atoms with Crippen molar-refractivity contribution >= 4 is 4.57 Å². The van der Waals surface area contributed by atoms with E-state index in [0.717, 1.165) is 28.2 Å². The molecule has 4 aliphatic rings. The maximum absolute atomic E-state index is 6.05. The van der Waals surface area contributed by atoms with Gasteiger partial charge in [-0.1, -0.05) is 0 Å². The molecule has 4 fully saturated rings. The van der Waals surface area contributed by atoms with Gasteiger partial charge in [0.15, 0.2) is 0 Å². The third-order valence-corrected chi connectivity index (χ3v) is 6.21. The number of hydrogen-bond acceptors (Lipinski definition) is 1. The van der Waals surface area contributed by atoms with Crippen molar-refractivity contribution in [2.45, 2.75) is 57.5 Å². The van der Waals surface area contributed by atoms with E-state index in [-0.39, 0.29) is 0 Å². The summed E-state index contributed by atoms with van der Waals surface area (Å²) in [7, 11) is 0. The van der Waals surface area contributed by atoms with Crippen molar-refractivity contribution in [2.75, 3.05) is 0 Å². The molecule has 0 bridgehead atoms. The zero-order chi connectivity index (χ0) is 12.1. The molecule has 0 spiro atoms. The van der Waals surface area contributed by atoms with Gasteiger partial charge in [0, 0.05) is 0 Å². The summed E-state index contributed by atoms with van der Waals surface area (Å²) in [4.78, 5) is 0. The van der Waals surface area contributed by atoms with Crippen LogP contribution in [0.25, 0.3) is 0 Å². The number of fused-ring (bicyclic) bond motifs is 2. The van der Waals surface area contributed by atoms with E-state index >= 15 is 0 Å². The average molecular weight is 282 g/mol. The Labute approximate surface area is 118 Å². The molecule has 0 radical (unpaired) electrons. The Balaban J connectivity index is 1.54. The summed E-state index contributed by atoms with van der Waals surface area (Å²) < 4.78 is 7.19. The summed E-state index contributed by atoms with van der Waals surface area (Å²) in [5, 5.41) is 0. The molecule has 1 nitrogen and oxygen atoms in total. The molecule has 3 saturated carbocycles. The molecule has 1 heterocycles. The molecular formula is C16H22CrO. The molecule has 0 aromatic carbocycles. The first-order valence-corrected chi connectivity index (χ1v) is 8.41. The van der Waals surface area contributed by atoms with Gasteiger partial charge in [-0.05, 0) is 0 Å². The zero-order valence-electron chi connectivity index (χ0n) is 10.9. The topological polar surface area (TPSA) is 9.23 Å². The predicted octanol–water partition coefficient (Wildman–Crippen LogP) is 3.61. The van der Waals surface area contributed by atoms with Gasteiger partial charge in [-0.2, -0.15) is 0 Å². The Kier molecular flexibility index (Phi) is 3.03. The first-order chi connectivity index (χ1) is 8.84. The summed E-state index contributed by atoms with van der Waals surface area (Å²) in [6.45, 7) is 0. The van der Waals surface area contributed by atoms with Gasteiger partial charge >= 0.3 is 118 Å². The van der Waals surface area contributed by atoms with Gasteiger partial charge in [0.25, 0.3) is 0 Å². The van der Waals surface area contributed by atoms with Gasteiger partial charge in [0.2, 0.25) is 0 Å². The van der Waals surface area contributed by atoms with E-state index in [2.05, 4.69) is 21.9 Å². The van der Waals surface area contributed by atoms with E-state index in [4.69, 9.17) is 4.74 Å². The molecule has 1 aliphatic heterocycles. The predicted molar refractivity (Wildman–Crippen MR) is 68.9 cm³/mol. The van der Waals surface area contributed by atoms with Crippen molar-refractivity contribution in [2.24, 2.45) is 23.7 Å². The van der Waals surface area contributed by atoms with Crippen LogP contribution in [0.1, 0.15) is 51.4 Å². The molecule has 18 heavy (non-hydrogen) atoms. The fraction of sp³-hybridized carbons (Fsp3) is 0.812. The van der Waals surface area contributed by atoms with Gasteiger partial charge in [-0.15, -0.1) is 0 Å². The van der Waals surface area contributed by atoms with Crippen LogP contribution in [0.5, 0.6) is 0 Å². The van der Waals surface area contributed by atoms with E-state index in [1.807, 2.05) is 0 Å². The van der Waals surface area contributed by atoms with E-state index in [1.165, 1.54) is 51.4 Å². The van der Waals surface area contributed by atoms with Crippen LogP contribution in [0.3, 0.4) is 0 Å². The number of hydrogen-bond donors (Lipinski definition) is 0. The van der Waals surface area contributed by atoms with Crippen LogP contribution in [0.4, 0.5) is 0 Å². The van der Waals surface area contributed by atoms with E-state index in [0.29, 0.717) is 6.10 Å². The van der Waals surface area contributed by atoms with Crippen molar-refractivity contribution in [1.82, 2.24) is 0 Å². The molecule has 0 aromatic rings. The molecule has 0 amide bonds. The van der Waals surface area contributed by atoms with Crippen molar-refractivity contribution in [3.63, 3.8) is 0 Å². The summed E-state index contributed by atoms with van der Waals surface area (Å²) >= 11 is 3.19. The van der Waals surface area contributed by atoms with Gasteiger partial charge < -0.3 is 0 Å². The Morgan fingerprint density at radius 3 is 2.39 bits per heavy atom. The van der Waals surface area contributed by atoms with Gasteiger partial charge in [-0.25, -0.2) is 0 Å². The average Bonchev–Trinajstić information content (AvgIpc) is 3.00. The van der Waals surface area contributed by atoms with E-state index in [9.17, 15) is 0 Å². The van der Waals surface area contributed by atoms with Crippen molar-refractivity contribution in [3.8, 4) is 0 Å². The van der Waals surface area contributed by atoms with E-state index in [1.54, 1.807) is 5.57 Å². The molecule has 4 rings (SSSR count). The summed E-state index contributed by atoms with van der Waals surface area (Å²) in [6.07, 6.45) is 14.4. The quantitative estimate of drug-likeness (QED) is 0.714. The minimum atomic E-state index is 0.502. The van der Waals surface area contributed by atoms with Crippen LogP contribution in [0.2, 0.25) is 0 Å². The monoisotopic (exact) mass is 282 g/mol. The van der Waals surface area contributed by atoms with Crippen LogP contribution in [0, 0.1) is 23.7 Å². The number of allylic oxidation sites excluding steroid dienone is 1. The Morgan fingerprint density at radius 2 is 1.61 bits per heavy atom. The zero-order valence-corrected chi connectivity index (χ0v) is 12.2. The van der Waals surface area contributed by atoms with Crippen LogP contribution < -0.4 is 0 Å². The second kappa shape index (κ2) is 4.58. The molecule has 0 aromatic heterocycles. The molecule has 2 unspecified atom stereocenters. The van der Waals surface area contributed by atoms with Crippen LogP contribution in [-0.2, 0) is 20.6 Å². The van der Waals surface area contributed by atoms with E-state index < -0.39 is 0 Å². The third kappa shape index (κ3) is 1.89. The van der Waals surface area contributed by atoms with Crippen molar-refractivity contribution < 1.29 is 20.6 Å². The second-order valence-corrected chi connectivity index (χ2v) is 7.23. The SMILES string of the molecule is [Cr]=[C]1O[C@H]2CCCC[C@@H]2/C1=C\C1C2CCCCC12. The fourth-order valence-corrected chi connectivity index (χ4v) is 5.18. The minimum absolute atomic E-state index is 0.502. The van der Waals surface area contributed by atoms with Gasteiger partial charge in [0.1, 0.15) is 0 Å². The Hall–Kier alpha value is 0.102. The van der Waals surface area contributed by atoms with Gasteiger partial charge in [-0.3, -0.25) is 0 Å². The molecule has 3 aliphatic carbocycles. The molecule has 0 N–H and O–H groups in total. The van der Waals surface area contributed by atoms with Crippen molar-refractivity contribution in [1.29, 1.82) is 0 Å². The molecular weight excluding hydrogens is 260 g/mol. The Morgan fingerprint density at radius 1 is 0.944 bits per heavy atom. The standard InChI is InChI=1S/C16H22O.Cr/c1-2-7-14-13(6-1)15(14)9-11-10-17-16-8-4-3-5-12(11)16;/h9,12-16H,1-8H2;/b11-9-;/t12-,13?,14?,15?,16+;/m1./s1. The van der Waals surface area contributed by atoms with Gasteiger partial charge in [0.05, 0.1) is 0 Å². The number of ether oxygens (including phenoxy) is 1. The first kappa shape index (κ1) is 11.9. The number of rotatable bonds is 1. The van der Waals surface area contributed by atoms with Crippen LogP contribution in [-0.4, -0.2) is 10.7 Å². The normalized spacial score (nSPS) is 49.0. The van der Waals surface area contributed by atoms with Crippen molar-refractivity contribution in [3.05, 3.63) is 11.6 Å². The molecule has 98 valence electrons. The third-order valence-electron chi connectivity index (χ3n) is 5.69. The Bertz CT molecular complexity index is 388. The fourth-order valence-electron chi connectivity index (χ4n) is 4.64. The second-order valence-electron chi connectivity index (χ2n) is 6.65. The molecule has 2 heteroatoms. The summed E-state index contributed by atoms with van der Waals surface area (Å²) in [6, 6.07) is 0. The maximum atomic E-state index is 6.05. The van der Waals surface area contributed by atoms with Crippen LogP contribution in [0.15, 0.2) is 11.6 Å². The summed E-state index contributed by atoms with van der Waals surface area (Å²) in [5.74, 6) is 3.68. The van der Waals surface area contributed by atoms with Crippen LogP contribution >= 0.6 is 0 Å². The molecule has 1 saturated heterocycles. The first-order valence-electron chi connectivity index (χ1n) is 7.77. The molecule has 4 atom stereocenters. The summed E-state index contributed by atoms with van der Waals surface area (Å²) in [5.41, 5.74) is 1.55.